The van der Waals surface area contributed by atoms with Crippen LogP contribution in [-0.2, 0) is 0 Å². The zero-order chi connectivity index (χ0) is 6.20. The third-order valence-corrected chi connectivity index (χ3v) is 2.82. The number of allylic oxidation sites excluding steroid dienone is 1. The highest BCUT2D eigenvalue weighted by Crippen LogP contribution is 2.41. The van der Waals surface area contributed by atoms with E-state index in [1.54, 1.807) is 0 Å². The lowest BCUT2D eigenvalue weighted by Gasteiger charge is -2.12. The average Bonchev–Trinajstić information content (AvgIpc) is 1.82. The molecular formula is C7H12S. The molecule has 1 aliphatic rings. The van der Waals surface area contributed by atoms with Crippen LogP contribution in [0.3, 0.4) is 0 Å². The first-order chi connectivity index (χ1) is 3.60. The molecule has 0 unspecified atom stereocenters. The molecule has 0 aromatic carbocycles. The number of rotatable bonds is 0. The van der Waals surface area contributed by atoms with Gasteiger partial charge in [0.25, 0.3) is 0 Å². The minimum Gasteiger partial charge on any atom is -0.131 e. The van der Waals surface area contributed by atoms with Crippen molar-refractivity contribution in [3.05, 3.63) is 11.5 Å². The highest BCUT2D eigenvalue weighted by molar-refractivity contribution is 8.03. The molecule has 0 bridgehead atoms. The number of hydrogen-bond acceptors (Lipinski definition) is 1. The molecule has 0 aliphatic carbocycles. The van der Waals surface area contributed by atoms with Gasteiger partial charge in [0.05, 0.1) is 0 Å². The summed E-state index contributed by atoms with van der Waals surface area (Å²) >= 11 is 1.91. The van der Waals surface area contributed by atoms with Crippen molar-refractivity contribution in [2.75, 3.05) is 5.75 Å². The lowest BCUT2D eigenvalue weighted by atomic mass is 9.93. The van der Waals surface area contributed by atoms with Gasteiger partial charge in [-0.1, -0.05) is 20.4 Å². The van der Waals surface area contributed by atoms with Crippen LogP contribution in [0.4, 0.5) is 0 Å². The summed E-state index contributed by atoms with van der Waals surface area (Å²) in [7, 11) is 0. The summed E-state index contributed by atoms with van der Waals surface area (Å²) in [6.07, 6.45) is 1.21. The van der Waals surface area contributed by atoms with Crippen LogP contribution >= 0.6 is 11.8 Å². The second kappa shape index (κ2) is 1.80. The Morgan fingerprint density at radius 2 is 2.25 bits per heavy atom. The third kappa shape index (κ3) is 1.28. The van der Waals surface area contributed by atoms with Crippen molar-refractivity contribution in [2.45, 2.75) is 20.3 Å². The molecule has 1 fully saturated rings. The van der Waals surface area contributed by atoms with Gasteiger partial charge >= 0.3 is 0 Å². The molecule has 1 heteroatoms. The van der Waals surface area contributed by atoms with Crippen LogP contribution < -0.4 is 0 Å². The first kappa shape index (κ1) is 6.21. The van der Waals surface area contributed by atoms with Gasteiger partial charge in [0.1, 0.15) is 0 Å². The smallest absolute Gasteiger partial charge is 0.00313 e. The number of thioether (sulfide) groups is 1. The van der Waals surface area contributed by atoms with E-state index in [-0.39, 0.29) is 0 Å². The van der Waals surface area contributed by atoms with Gasteiger partial charge in [-0.15, -0.1) is 11.8 Å². The maximum absolute atomic E-state index is 3.91. The van der Waals surface area contributed by atoms with Crippen LogP contribution in [0.2, 0.25) is 0 Å². The molecular weight excluding hydrogens is 116 g/mol. The molecule has 1 aliphatic heterocycles. The van der Waals surface area contributed by atoms with E-state index in [0.717, 1.165) is 0 Å². The van der Waals surface area contributed by atoms with E-state index in [1.807, 2.05) is 11.8 Å². The Bertz CT molecular complexity index is 114. The van der Waals surface area contributed by atoms with Crippen molar-refractivity contribution in [1.82, 2.24) is 0 Å². The van der Waals surface area contributed by atoms with Gasteiger partial charge in [0.15, 0.2) is 0 Å². The summed E-state index contributed by atoms with van der Waals surface area (Å²) < 4.78 is 0. The zero-order valence-electron chi connectivity index (χ0n) is 5.53. The Balaban J connectivity index is 2.56. The molecule has 0 saturated carbocycles. The topological polar surface area (TPSA) is 0 Å². The van der Waals surface area contributed by atoms with Gasteiger partial charge in [0.2, 0.25) is 0 Å². The van der Waals surface area contributed by atoms with E-state index in [9.17, 15) is 0 Å². The van der Waals surface area contributed by atoms with Crippen LogP contribution in [-0.4, -0.2) is 5.75 Å². The monoisotopic (exact) mass is 128 g/mol. The molecule has 8 heavy (non-hydrogen) atoms. The Labute approximate surface area is 55.4 Å². The third-order valence-electron chi connectivity index (χ3n) is 1.34. The standard InChI is InChI=1S/C7H12S/c1-6-4-7(2,3)5-8-6/h1,4-5H2,2-3H3. The average molecular weight is 128 g/mol. The second-order valence-electron chi connectivity index (χ2n) is 3.17. The van der Waals surface area contributed by atoms with E-state index < -0.39 is 0 Å². The molecule has 46 valence electrons. The van der Waals surface area contributed by atoms with Crippen molar-refractivity contribution >= 4 is 11.8 Å². The lowest BCUT2D eigenvalue weighted by molar-refractivity contribution is 0.442. The first-order valence-corrected chi connectivity index (χ1v) is 3.89. The Morgan fingerprint density at radius 3 is 2.38 bits per heavy atom. The van der Waals surface area contributed by atoms with Gasteiger partial charge in [0, 0.05) is 5.75 Å². The Morgan fingerprint density at radius 1 is 1.62 bits per heavy atom. The molecule has 0 N–H and O–H groups in total. The van der Waals surface area contributed by atoms with Crippen LogP contribution in [0, 0.1) is 5.41 Å². The van der Waals surface area contributed by atoms with Crippen LogP contribution in [0.5, 0.6) is 0 Å². The summed E-state index contributed by atoms with van der Waals surface area (Å²) in [6.45, 7) is 8.49. The van der Waals surface area contributed by atoms with Crippen molar-refractivity contribution in [3.8, 4) is 0 Å². The van der Waals surface area contributed by atoms with Gasteiger partial charge < -0.3 is 0 Å². The molecule has 1 rings (SSSR count). The van der Waals surface area contributed by atoms with Gasteiger partial charge in [-0.2, -0.15) is 0 Å². The maximum Gasteiger partial charge on any atom is 0.00313 e. The lowest BCUT2D eigenvalue weighted by Crippen LogP contribution is -2.06. The molecule has 1 heterocycles. The SMILES string of the molecule is C=C1CC(C)(C)CS1. The fourth-order valence-corrected chi connectivity index (χ4v) is 2.12. The zero-order valence-corrected chi connectivity index (χ0v) is 6.35. The number of hydrogen-bond donors (Lipinski definition) is 0. The van der Waals surface area contributed by atoms with Crippen LogP contribution in [0.15, 0.2) is 11.5 Å². The van der Waals surface area contributed by atoms with Crippen molar-refractivity contribution in [2.24, 2.45) is 5.41 Å². The van der Waals surface area contributed by atoms with Crippen molar-refractivity contribution in [1.29, 1.82) is 0 Å². The first-order valence-electron chi connectivity index (χ1n) is 2.91. The predicted molar refractivity (Wildman–Crippen MR) is 40.0 cm³/mol. The van der Waals surface area contributed by atoms with E-state index in [4.69, 9.17) is 0 Å². The van der Waals surface area contributed by atoms with Gasteiger partial charge in [-0.25, -0.2) is 0 Å². The van der Waals surface area contributed by atoms with E-state index in [1.165, 1.54) is 17.1 Å². The summed E-state index contributed by atoms with van der Waals surface area (Å²) in [5.74, 6) is 1.26. The molecule has 0 nitrogen and oxygen atoms in total. The van der Waals surface area contributed by atoms with Crippen molar-refractivity contribution in [3.63, 3.8) is 0 Å². The largest absolute Gasteiger partial charge is 0.131 e. The van der Waals surface area contributed by atoms with Gasteiger partial charge in [-0.05, 0) is 16.7 Å². The Hall–Kier alpha value is 0.0900. The van der Waals surface area contributed by atoms with E-state index in [2.05, 4.69) is 20.4 Å². The van der Waals surface area contributed by atoms with Crippen molar-refractivity contribution < 1.29 is 0 Å². The fraction of sp³-hybridized carbons (Fsp3) is 0.714. The molecule has 0 aromatic rings. The summed E-state index contributed by atoms with van der Waals surface area (Å²) in [5.41, 5.74) is 0.530. The molecule has 0 spiro atoms. The normalized spacial score (nSPS) is 26.5. The molecule has 1 saturated heterocycles. The fourth-order valence-electron chi connectivity index (χ4n) is 0.933. The summed E-state index contributed by atoms with van der Waals surface area (Å²) in [4.78, 5) is 1.36. The second-order valence-corrected chi connectivity index (χ2v) is 4.32. The summed E-state index contributed by atoms with van der Waals surface area (Å²) in [5, 5.41) is 0. The van der Waals surface area contributed by atoms with Gasteiger partial charge in [-0.3, -0.25) is 0 Å². The minimum atomic E-state index is 0.530. The summed E-state index contributed by atoms with van der Waals surface area (Å²) in [6, 6.07) is 0. The molecule has 0 radical (unpaired) electrons. The molecule has 0 aromatic heterocycles. The van der Waals surface area contributed by atoms with Crippen LogP contribution in [0.25, 0.3) is 0 Å². The Kier molecular flexibility index (Phi) is 1.40. The maximum atomic E-state index is 3.91. The quantitative estimate of drug-likeness (QED) is 0.483. The van der Waals surface area contributed by atoms with Crippen LogP contribution in [0.1, 0.15) is 20.3 Å². The highest BCUT2D eigenvalue weighted by atomic mass is 32.2. The van der Waals surface area contributed by atoms with E-state index >= 15 is 0 Å². The minimum absolute atomic E-state index is 0.530. The molecule has 0 amide bonds. The molecule has 0 atom stereocenters. The van der Waals surface area contributed by atoms with E-state index in [0.29, 0.717) is 5.41 Å². The highest BCUT2D eigenvalue weighted by Gasteiger charge is 2.25. The predicted octanol–water partition coefficient (Wildman–Crippen LogP) is 2.66.